The van der Waals surface area contributed by atoms with Crippen LogP contribution in [0.4, 0.5) is 5.69 Å². The highest BCUT2D eigenvalue weighted by Gasteiger charge is 2.15. The lowest BCUT2D eigenvalue weighted by atomic mass is 10.2. The zero-order valence-corrected chi connectivity index (χ0v) is 12.3. The molecule has 2 N–H and O–H groups in total. The standard InChI is InChI=1S/C14H19ClN4O/c1-3-5-10(2)20-13-12(9-18-14(15)19-13)17-8-11-6-4-7-16-11/h3,5,9,11,16-17H,2,4,6-8H2,1H3. The normalized spacial score (nSPS) is 18.4. The highest BCUT2D eigenvalue weighted by Crippen LogP contribution is 2.24. The minimum atomic E-state index is 0.151. The number of nitrogens with one attached hydrogen (secondary N) is 2. The summed E-state index contributed by atoms with van der Waals surface area (Å²) < 4.78 is 5.58. The molecular formula is C14H19ClN4O. The number of halogens is 1. The summed E-state index contributed by atoms with van der Waals surface area (Å²) in [6.07, 6.45) is 7.62. The summed E-state index contributed by atoms with van der Waals surface area (Å²) in [7, 11) is 0. The fourth-order valence-electron chi connectivity index (χ4n) is 2.05. The van der Waals surface area contributed by atoms with Gasteiger partial charge in [-0.2, -0.15) is 4.98 Å². The van der Waals surface area contributed by atoms with Gasteiger partial charge in [0.2, 0.25) is 11.2 Å². The molecule has 0 saturated carbocycles. The minimum absolute atomic E-state index is 0.151. The van der Waals surface area contributed by atoms with Crippen LogP contribution in [0, 0.1) is 0 Å². The molecule has 1 aromatic heterocycles. The predicted molar refractivity (Wildman–Crippen MR) is 81.1 cm³/mol. The maximum absolute atomic E-state index is 5.81. The van der Waals surface area contributed by atoms with Crippen molar-refractivity contribution >= 4 is 17.3 Å². The third-order valence-corrected chi connectivity index (χ3v) is 3.19. The molecule has 1 unspecified atom stereocenters. The quantitative estimate of drug-likeness (QED) is 0.480. The Morgan fingerprint density at radius 2 is 2.55 bits per heavy atom. The number of hydrogen-bond acceptors (Lipinski definition) is 5. The molecule has 0 aliphatic carbocycles. The molecule has 1 atom stereocenters. The van der Waals surface area contributed by atoms with Gasteiger partial charge in [0.1, 0.15) is 11.4 Å². The molecule has 0 spiro atoms. The molecular weight excluding hydrogens is 276 g/mol. The van der Waals surface area contributed by atoms with Crippen LogP contribution in [0.15, 0.2) is 30.7 Å². The Balaban J connectivity index is 2.04. The van der Waals surface area contributed by atoms with E-state index in [1.807, 2.05) is 13.0 Å². The van der Waals surface area contributed by atoms with E-state index in [9.17, 15) is 0 Å². The molecule has 20 heavy (non-hydrogen) atoms. The third-order valence-electron chi connectivity index (χ3n) is 3.01. The van der Waals surface area contributed by atoms with Crippen molar-refractivity contribution in [3.05, 3.63) is 36.0 Å². The van der Waals surface area contributed by atoms with Gasteiger partial charge >= 0.3 is 0 Å². The topological polar surface area (TPSA) is 59.1 Å². The number of anilines is 1. The van der Waals surface area contributed by atoms with Crippen molar-refractivity contribution in [2.45, 2.75) is 25.8 Å². The van der Waals surface area contributed by atoms with Gasteiger partial charge in [0.05, 0.1) is 6.20 Å². The monoisotopic (exact) mass is 294 g/mol. The smallest absolute Gasteiger partial charge is 0.247 e. The number of aromatic nitrogens is 2. The van der Waals surface area contributed by atoms with E-state index >= 15 is 0 Å². The van der Waals surface area contributed by atoms with Gasteiger partial charge in [-0.3, -0.25) is 0 Å². The number of ether oxygens (including phenoxy) is 1. The Morgan fingerprint density at radius 3 is 3.25 bits per heavy atom. The molecule has 1 aromatic rings. The molecule has 0 bridgehead atoms. The first-order valence-electron chi connectivity index (χ1n) is 6.68. The lowest BCUT2D eigenvalue weighted by Gasteiger charge is -2.15. The van der Waals surface area contributed by atoms with Crippen LogP contribution in [0.2, 0.25) is 5.28 Å². The van der Waals surface area contributed by atoms with Gasteiger partial charge in [-0.25, -0.2) is 4.98 Å². The highest BCUT2D eigenvalue weighted by atomic mass is 35.5. The van der Waals surface area contributed by atoms with E-state index < -0.39 is 0 Å². The first-order valence-corrected chi connectivity index (χ1v) is 7.06. The van der Waals surface area contributed by atoms with Crippen molar-refractivity contribution in [1.29, 1.82) is 0 Å². The molecule has 1 fully saturated rings. The van der Waals surface area contributed by atoms with Crippen molar-refractivity contribution in [2.24, 2.45) is 0 Å². The van der Waals surface area contributed by atoms with Crippen LogP contribution in [-0.2, 0) is 0 Å². The maximum atomic E-state index is 5.81. The second kappa shape index (κ2) is 7.26. The summed E-state index contributed by atoms with van der Waals surface area (Å²) in [4.78, 5) is 8.08. The van der Waals surface area contributed by atoms with Gasteiger partial charge in [0.15, 0.2) is 0 Å². The van der Waals surface area contributed by atoms with E-state index in [0.29, 0.717) is 23.4 Å². The lowest BCUT2D eigenvalue weighted by Crippen LogP contribution is -2.29. The van der Waals surface area contributed by atoms with E-state index in [4.69, 9.17) is 16.3 Å². The third kappa shape index (κ3) is 4.21. The summed E-state index contributed by atoms with van der Waals surface area (Å²) >= 11 is 5.81. The summed E-state index contributed by atoms with van der Waals surface area (Å²) in [5, 5.41) is 6.86. The van der Waals surface area contributed by atoms with Crippen LogP contribution < -0.4 is 15.4 Å². The van der Waals surface area contributed by atoms with Crippen LogP contribution >= 0.6 is 11.6 Å². The Labute approximate surface area is 124 Å². The van der Waals surface area contributed by atoms with E-state index in [0.717, 1.165) is 13.1 Å². The molecule has 1 aliphatic heterocycles. The Morgan fingerprint density at radius 1 is 1.70 bits per heavy atom. The molecule has 1 aliphatic rings. The van der Waals surface area contributed by atoms with Gasteiger partial charge in [0.25, 0.3) is 0 Å². The van der Waals surface area contributed by atoms with Gasteiger partial charge in [-0.15, -0.1) is 0 Å². The van der Waals surface area contributed by atoms with E-state index in [-0.39, 0.29) is 5.28 Å². The van der Waals surface area contributed by atoms with Gasteiger partial charge < -0.3 is 15.4 Å². The number of rotatable bonds is 6. The van der Waals surface area contributed by atoms with Crippen molar-refractivity contribution < 1.29 is 4.74 Å². The van der Waals surface area contributed by atoms with Crippen LogP contribution in [0.3, 0.4) is 0 Å². The Kier molecular flexibility index (Phi) is 5.38. The summed E-state index contributed by atoms with van der Waals surface area (Å²) in [5.41, 5.74) is 0.716. The average Bonchev–Trinajstić information content (AvgIpc) is 2.91. The number of nitrogens with zero attached hydrogens (tertiary/aromatic N) is 2. The fraction of sp³-hybridized carbons (Fsp3) is 0.429. The molecule has 6 heteroatoms. The van der Waals surface area contributed by atoms with E-state index in [1.165, 1.54) is 12.8 Å². The first-order chi connectivity index (χ1) is 9.69. The van der Waals surface area contributed by atoms with Crippen LogP contribution in [0.1, 0.15) is 19.8 Å². The molecule has 108 valence electrons. The zero-order chi connectivity index (χ0) is 14.4. The molecule has 2 heterocycles. The molecule has 1 saturated heterocycles. The highest BCUT2D eigenvalue weighted by molar-refractivity contribution is 6.28. The zero-order valence-electron chi connectivity index (χ0n) is 11.5. The van der Waals surface area contributed by atoms with Crippen molar-refractivity contribution in [3.63, 3.8) is 0 Å². The van der Waals surface area contributed by atoms with Crippen LogP contribution in [0.5, 0.6) is 5.88 Å². The van der Waals surface area contributed by atoms with E-state index in [2.05, 4.69) is 27.2 Å². The number of allylic oxidation sites excluding steroid dienone is 2. The van der Waals surface area contributed by atoms with Crippen LogP contribution in [-0.4, -0.2) is 29.1 Å². The molecule has 5 nitrogen and oxygen atoms in total. The SMILES string of the molecule is C=C(C=CC)Oc1nc(Cl)ncc1NCC1CCCN1. The number of hydrogen-bond donors (Lipinski definition) is 2. The molecule has 0 amide bonds. The van der Waals surface area contributed by atoms with Crippen molar-refractivity contribution in [1.82, 2.24) is 15.3 Å². The summed E-state index contributed by atoms with van der Waals surface area (Å²) in [6, 6.07) is 0.470. The minimum Gasteiger partial charge on any atom is -0.438 e. The maximum Gasteiger partial charge on any atom is 0.247 e. The van der Waals surface area contributed by atoms with Crippen molar-refractivity contribution in [3.8, 4) is 5.88 Å². The van der Waals surface area contributed by atoms with Gasteiger partial charge in [0, 0.05) is 12.6 Å². The second-order valence-electron chi connectivity index (χ2n) is 4.60. The molecule has 2 rings (SSSR count). The summed E-state index contributed by atoms with van der Waals surface area (Å²) in [6.45, 7) is 7.57. The molecule has 0 radical (unpaired) electrons. The van der Waals surface area contributed by atoms with Gasteiger partial charge in [-0.05, 0) is 44.0 Å². The largest absolute Gasteiger partial charge is 0.438 e. The average molecular weight is 295 g/mol. The van der Waals surface area contributed by atoms with E-state index in [1.54, 1.807) is 12.3 Å². The Bertz CT molecular complexity index is 498. The first kappa shape index (κ1) is 14.8. The van der Waals surface area contributed by atoms with Crippen molar-refractivity contribution in [2.75, 3.05) is 18.4 Å². The fourth-order valence-corrected chi connectivity index (χ4v) is 2.18. The van der Waals surface area contributed by atoms with Gasteiger partial charge in [-0.1, -0.05) is 12.7 Å². The Hall–Kier alpha value is -1.59. The predicted octanol–water partition coefficient (Wildman–Crippen LogP) is 2.76. The summed E-state index contributed by atoms with van der Waals surface area (Å²) in [5.74, 6) is 0.899. The second-order valence-corrected chi connectivity index (χ2v) is 4.94. The molecule has 0 aromatic carbocycles. The lowest BCUT2D eigenvalue weighted by molar-refractivity contribution is 0.429. The van der Waals surface area contributed by atoms with Crippen LogP contribution in [0.25, 0.3) is 0 Å².